The summed E-state index contributed by atoms with van der Waals surface area (Å²) in [6.45, 7) is 0. The monoisotopic (exact) mass is 510 g/mol. The Morgan fingerprint density at radius 1 is 0.350 bits per heavy atom. The molecule has 2 nitrogen and oxygen atoms in total. The van der Waals surface area contributed by atoms with Gasteiger partial charge in [-0.15, -0.1) is 0 Å². The van der Waals surface area contributed by atoms with Crippen LogP contribution in [0.4, 0.5) is 0 Å². The molecule has 2 aromatic heterocycles. The van der Waals surface area contributed by atoms with Crippen molar-refractivity contribution in [2.75, 3.05) is 0 Å². The highest BCUT2D eigenvalue weighted by Gasteiger charge is 2.21. The molecule has 9 aromatic rings. The fourth-order valence-electron chi connectivity index (χ4n) is 6.65. The van der Waals surface area contributed by atoms with Gasteiger partial charge in [-0.25, -0.2) is 0 Å². The minimum Gasteiger partial charge on any atom is -0.464 e. The molecule has 9 rings (SSSR count). The molecule has 0 N–H and O–H groups in total. The van der Waals surface area contributed by atoms with Crippen LogP contribution >= 0.6 is 0 Å². The average Bonchev–Trinajstić information content (AvgIpc) is 3.65. The van der Waals surface area contributed by atoms with Crippen molar-refractivity contribution < 1.29 is 8.83 Å². The molecule has 0 bridgehead atoms. The topological polar surface area (TPSA) is 26.3 Å². The summed E-state index contributed by atoms with van der Waals surface area (Å²) in [6.07, 6.45) is 1.73. The van der Waals surface area contributed by atoms with E-state index < -0.39 is 0 Å². The Morgan fingerprint density at radius 3 is 1.65 bits per heavy atom. The number of para-hydroxylation sites is 1. The lowest BCUT2D eigenvalue weighted by atomic mass is 9.84. The van der Waals surface area contributed by atoms with Crippen molar-refractivity contribution >= 4 is 65.2 Å². The van der Waals surface area contributed by atoms with E-state index in [0.29, 0.717) is 0 Å². The largest absolute Gasteiger partial charge is 0.464 e. The van der Waals surface area contributed by atoms with Gasteiger partial charge in [0.05, 0.1) is 11.6 Å². The minimum absolute atomic E-state index is 0.837. The van der Waals surface area contributed by atoms with Crippen LogP contribution in [0.5, 0.6) is 0 Å². The third-order valence-electron chi connectivity index (χ3n) is 8.35. The van der Waals surface area contributed by atoms with Crippen LogP contribution in [0.25, 0.3) is 87.5 Å². The number of rotatable bonds is 2. The molecule has 0 fully saturated rings. The van der Waals surface area contributed by atoms with E-state index in [1.165, 1.54) is 49.0 Å². The van der Waals surface area contributed by atoms with Gasteiger partial charge in [-0.3, -0.25) is 0 Å². The molecule has 0 atom stereocenters. The Bertz CT molecular complexity index is 2370. The van der Waals surface area contributed by atoms with Crippen molar-refractivity contribution in [1.29, 1.82) is 0 Å². The van der Waals surface area contributed by atoms with Crippen molar-refractivity contribution in [2.45, 2.75) is 0 Å². The summed E-state index contributed by atoms with van der Waals surface area (Å²) in [4.78, 5) is 0. The van der Waals surface area contributed by atoms with E-state index >= 15 is 0 Å². The fourth-order valence-corrected chi connectivity index (χ4v) is 6.65. The van der Waals surface area contributed by atoms with Crippen LogP contribution in [0, 0.1) is 0 Å². The summed E-state index contributed by atoms with van der Waals surface area (Å²) in [5.41, 5.74) is 7.42. The minimum atomic E-state index is 0.837. The first kappa shape index (κ1) is 21.6. The summed E-state index contributed by atoms with van der Waals surface area (Å²) in [5.74, 6) is 0. The van der Waals surface area contributed by atoms with Gasteiger partial charge in [0, 0.05) is 21.9 Å². The molecule has 7 aromatic carbocycles. The molecular formula is C38H22O2. The zero-order chi connectivity index (χ0) is 26.2. The molecular weight excluding hydrogens is 488 g/mol. The van der Waals surface area contributed by atoms with Gasteiger partial charge in [0.25, 0.3) is 0 Å². The van der Waals surface area contributed by atoms with Crippen LogP contribution in [0.2, 0.25) is 0 Å². The van der Waals surface area contributed by atoms with Crippen molar-refractivity contribution in [2.24, 2.45) is 0 Å². The molecule has 0 aliphatic rings. The molecule has 186 valence electrons. The number of hydrogen-bond donors (Lipinski definition) is 0. The second-order valence-electron chi connectivity index (χ2n) is 10.4. The van der Waals surface area contributed by atoms with E-state index in [4.69, 9.17) is 8.83 Å². The van der Waals surface area contributed by atoms with E-state index in [2.05, 4.69) is 115 Å². The lowest BCUT2D eigenvalue weighted by Crippen LogP contribution is -1.91. The average molecular weight is 511 g/mol. The second-order valence-corrected chi connectivity index (χ2v) is 10.4. The summed E-state index contributed by atoms with van der Waals surface area (Å²) in [6, 6.07) is 45.5. The molecule has 0 amide bonds. The Labute approximate surface area is 229 Å². The van der Waals surface area contributed by atoms with Crippen LogP contribution in [0.15, 0.2) is 142 Å². The molecule has 0 spiro atoms. The fraction of sp³-hybridized carbons (Fsp3) is 0. The summed E-state index contributed by atoms with van der Waals surface area (Å²) >= 11 is 0. The Hall–Kier alpha value is -5.34. The van der Waals surface area contributed by atoms with Gasteiger partial charge in [0.2, 0.25) is 0 Å². The molecule has 2 heteroatoms. The van der Waals surface area contributed by atoms with Crippen molar-refractivity contribution in [3.8, 4) is 22.3 Å². The number of furan rings is 2. The van der Waals surface area contributed by atoms with Crippen LogP contribution in [0.1, 0.15) is 0 Å². The Balaban J connectivity index is 1.46. The van der Waals surface area contributed by atoms with E-state index in [-0.39, 0.29) is 0 Å². The smallest absolute Gasteiger partial charge is 0.146 e. The van der Waals surface area contributed by atoms with Crippen LogP contribution < -0.4 is 0 Å². The van der Waals surface area contributed by atoms with Gasteiger partial charge in [0.1, 0.15) is 16.7 Å². The van der Waals surface area contributed by atoms with Crippen molar-refractivity contribution in [3.05, 3.63) is 134 Å². The summed E-state index contributed by atoms with van der Waals surface area (Å²) < 4.78 is 12.4. The van der Waals surface area contributed by atoms with Gasteiger partial charge < -0.3 is 8.83 Å². The van der Waals surface area contributed by atoms with Crippen molar-refractivity contribution in [1.82, 2.24) is 0 Å². The normalized spacial score (nSPS) is 12.0. The highest BCUT2D eigenvalue weighted by atomic mass is 16.3. The molecule has 0 saturated heterocycles. The van der Waals surface area contributed by atoms with E-state index in [1.54, 1.807) is 6.26 Å². The maximum atomic E-state index is 6.72. The summed E-state index contributed by atoms with van der Waals surface area (Å²) in [7, 11) is 0. The maximum Gasteiger partial charge on any atom is 0.146 e. The predicted molar refractivity (Wildman–Crippen MR) is 167 cm³/mol. The van der Waals surface area contributed by atoms with Gasteiger partial charge in [-0.2, -0.15) is 0 Å². The highest BCUT2D eigenvalue weighted by Crippen LogP contribution is 2.47. The first-order chi connectivity index (χ1) is 19.9. The SMILES string of the molecule is c1ccc2c(-c3c4ccccc4c(-c4cccc5c4oc4c6ccoc6ccc54)c4ccccc34)cccc2c1. The van der Waals surface area contributed by atoms with Gasteiger partial charge in [-0.05, 0) is 61.6 Å². The third kappa shape index (κ3) is 2.88. The van der Waals surface area contributed by atoms with Crippen LogP contribution in [0.3, 0.4) is 0 Å². The van der Waals surface area contributed by atoms with Gasteiger partial charge >= 0.3 is 0 Å². The summed E-state index contributed by atoms with van der Waals surface area (Å²) in [5, 5.41) is 10.6. The van der Waals surface area contributed by atoms with E-state index in [1.807, 2.05) is 12.1 Å². The van der Waals surface area contributed by atoms with Gasteiger partial charge in [0.15, 0.2) is 0 Å². The molecule has 0 unspecified atom stereocenters. The number of benzene rings is 7. The lowest BCUT2D eigenvalue weighted by Gasteiger charge is -2.18. The third-order valence-corrected chi connectivity index (χ3v) is 8.35. The van der Waals surface area contributed by atoms with E-state index in [9.17, 15) is 0 Å². The Kier molecular flexibility index (Phi) is 4.36. The first-order valence-electron chi connectivity index (χ1n) is 13.6. The zero-order valence-electron chi connectivity index (χ0n) is 21.5. The molecule has 0 aliphatic carbocycles. The molecule has 40 heavy (non-hydrogen) atoms. The second kappa shape index (κ2) is 8.08. The maximum absolute atomic E-state index is 6.72. The standard InChI is InChI=1S/C38H22O2/c1-2-11-24-23(9-1)10-7-16-25(24)35-26-12-3-5-14-28(26)36(29-15-6-4-13-27(29)35)33-18-8-17-30-31-19-20-34-32(21-22-39-34)37(31)40-38(30)33/h1-22H. The van der Waals surface area contributed by atoms with Crippen LogP contribution in [-0.2, 0) is 0 Å². The molecule has 0 aliphatic heterocycles. The molecule has 2 heterocycles. The van der Waals surface area contributed by atoms with Crippen molar-refractivity contribution in [3.63, 3.8) is 0 Å². The quantitative estimate of drug-likeness (QED) is 0.216. The zero-order valence-corrected chi connectivity index (χ0v) is 21.5. The number of fused-ring (bicyclic) bond motifs is 8. The molecule has 0 saturated carbocycles. The Morgan fingerprint density at radius 2 is 0.900 bits per heavy atom. The molecule has 0 radical (unpaired) electrons. The van der Waals surface area contributed by atoms with E-state index in [0.717, 1.165) is 38.5 Å². The predicted octanol–water partition coefficient (Wildman–Crippen LogP) is 11.1. The van der Waals surface area contributed by atoms with Crippen LogP contribution in [-0.4, -0.2) is 0 Å². The first-order valence-corrected chi connectivity index (χ1v) is 13.6. The highest BCUT2D eigenvalue weighted by molar-refractivity contribution is 6.26. The number of hydrogen-bond acceptors (Lipinski definition) is 2. The lowest BCUT2D eigenvalue weighted by molar-refractivity contribution is 0.615. The van der Waals surface area contributed by atoms with Gasteiger partial charge in [-0.1, -0.05) is 109 Å².